The van der Waals surface area contributed by atoms with Crippen molar-refractivity contribution in [3.8, 4) is 0 Å². The molecular weight excluding hydrogens is 166 g/mol. The summed E-state index contributed by atoms with van der Waals surface area (Å²) in [6.45, 7) is 6.13. The van der Waals surface area contributed by atoms with E-state index in [1.807, 2.05) is 6.92 Å². The molecule has 0 saturated heterocycles. The number of amidine groups is 2. The topological polar surface area (TPSA) is 46.0 Å². The third-order valence-electron chi connectivity index (χ3n) is 2.17. The van der Waals surface area contributed by atoms with Crippen molar-refractivity contribution in [2.45, 2.75) is 39.3 Å². The highest BCUT2D eigenvalue weighted by molar-refractivity contribution is 5.98. The molecule has 4 heteroatoms. The smallest absolute Gasteiger partial charge is 0.292 e. The van der Waals surface area contributed by atoms with Crippen LogP contribution >= 0.6 is 0 Å². The van der Waals surface area contributed by atoms with Crippen LogP contribution < -0.4 is 5.32 Å². The zero-order valence-corrected chi connectivity index (χ0v) is 8.72. The fourth-order valence-electron chi connectivity index (χ4n) is 1.14. The maximum absolute atomic E-state index is 5.08. The number of aliphatic imine (C=N–C) groups is 2. The third kappa shape index (κ3) is 2.20. The molecule has 0 saturated carbocycles. The minimum Gasteiger partial charge on any atom is -0.468 e. The number of hydrogen-bond acceptors (Lipinski definition) is 4. The Morgan fingerprint density at radius 1 is 1.38 bits per heavy atom. The second-order valence-corrected chi connectivity index (χ2v) is 3.23. The lowest BCUT2D eigenvalue weighted by Crippen LogP contribution is -2.41. The van der Waals surface area contributed by atoms with Gasteiger partial charge in [-0.25, -0.2) is 9.98 Å². The molecule has 13 heavy (non-hydrogen) atoms. The standard InChI is InChI=1S/C9H17N3O/c1-5-7-10-8(13-4)12-9(3,6-2)11-7/h5-6H2,1-4H3,(H,10,11,12). The van der Waals surface area contributed by atoms with E-state index in [0.29, 0.717) is 6.02 Å². The Morgan fingerprint density at radius 3 is 2.54 bits per heavy atom. The number of rotatable bonds is 2. The predicted octanol–water partition coefficient (Wildman–Crippen LogP) is 1.53. The van der Waals surface area contributed by atoms with Gasteiger partial charge in [-0.3, -0.25) is 5.32 Å². The van der Waals surface area contributed by atoms with Crippen molar-refractivity contribution in [1.82, 2.24) is 5.32 Å². The first-order valence-corrected chi connectivity index (χ1v) is 4.63. The van der Waals surface area contributed by atoms with Gasteiger partial charge in [-0.2, -0.15) is 0 Å². The molecule has 0 bridgehead atoms. The normalized spacial score (nSPS) is 27.4. The summed E-state index contributed by atoms with van der Waals surface area (Å²) in [5.41, 5.74) is -0.345. The Bertz CT molecular complexity index is 225. The van der Waals surface area contributed by atoms with Crippen LogP contribution in [-0.2, 0) is 4.74 Å². The lowest BCUT2D eigenvalue weighted by Gasteiger charge is -2.26. The fraction of sp³-hybridized carbons (Fsp3) is 0.778. The summed E-state index contributed by atoms with van der Waals surface area (Å²) in [6.07, 6.45) is 1.75. The van der Waals surface area contributed by atoms with Crippen LogP contribution in [0.2, 0.25) is 0 Å². The van der Waals surface area contributed by atoms with E-state index < -0.39 is 0 Å². The Balaban J connectivity index is 2.88. The Kier molecular flexibility index (Phi) is 2.90. The highest BCUT2D eigenvalue weighted by Crippen LogP contribution is 2.20. The van der Waals surface area contributed by atoms with E-state index in [1.165, 1.54) is 0 Å². The van der Waals surface area contributed by atoms with E-state index in [-0.39, 0.29) is 5.66 Å². The van der Waals surface area contributed by atoms with E-state index in [4.69, 9.17) is 4.74 Å². The lowest BCUT2D eigenvalue weighted by molar-refractivity contribution is 0.360. The summed E-state index contributed by atoms with van der Waals surface area (Å²) in [5.74, 6) is 0.941. The first-order chi connectivity index (χ1) is 6.13. The van der Waals surface area contributed by atoms with Gasteiger partial charge in [0.2, 0.25) is 0 Å². The van der Waals surface area contributed by atoms with Gasteiger partial charge in [0.15, 0.2) is 5.66 Å². The summed E-state index contributed by atoms with van der Waals surface area (Å²) in [4.78, 5) is 8.83. The molecule has 4 nitrogen and oxygen atoms in total. The van der Waals surface area contributed by atoms with Crippen LogP contribution in [0.1, 0.15) is 33.6 Å². The van der Waals surface area contributed by atoms with Crippen molar-refractivity contribution >= 4 is 11.9 Å². The second kappa shape index (κ2) is 3.77. The number of methoxy groups -OCH3 is 1. The van der Waals surface area contributed by atoms with Crippen LogP contribution in [0.3, 0.4) is 0 Å². The summed E-state index contributed by atoms with van der Waals surface area (Å²) < 4.78 is 5.08. The molecule has 0 aromatic heterocycles. The molecule has 0 aliphatic carbocycles. The van der Waals surface area contributed by atoms with E-state index in [1.54, 1.807) is 7.11 Å². The molecule has 0 radical (unpaired) electrons. The molecule has 1 heterocycles. The minimum absolute atomic E-state index is 0.345. The maximum Gasteiger partial charge on any atom is 0.292 e. The van der Waals surface area contributed by atoms with Crippen LogP contribution in [0.5, 0.6) is 0 Å². The monoisotopic (exact) mass is 183 g/mol. The van der Waals surface area contributed by atoms with Gasteiger partial charge in [-0.15, -0.1) is 0 Å². The molecule has 1 N–H and O–H groups in total. The molecule has 0 amide bonds. The highest BCUT2D eigenvalue weighted by atomic mass is 16.5. The lowest BCUT2D eigenvalue weighted by atomic mass is 10.1. The molecule has 1 aliphatic heterocycles. The van der Waals surface area contributed by atoms with Gasteiger partial charge in [0.05, 0.1) is 7.11 Å². The van der Waals surface area contributed by atoms with Crippen LogP contribution in [0.25, 0.3) is 0 Å². The van der Waals surface area contributed by atoms with Gasteiger partial charge in [0.1, 0.15) is 5.84 Å². The van der Waals surface area contributed by atoms with E-state index >= 15 is 0 Å². The van der Waals surface area contributed by atoms with Crippen molar-refractivity contribution in [3.05, 3.63) is 0 Å². The molecule has 1 atom stereocenters. The summed E-state index contributed by atoms with van der Waals surface area (Å²) >= 11 is 0. The first-order valence-electron chi connectivity index (χ1n) is 4.63. The number of nitrogens with one attached hydrogen (secondary N) is 1. The maximum atomic E-state index is 5.08. The minimum atomic E-state index is -0.345. The van der Waals surface area contributed by atoms with Crippen LogP contribution in [0, 0.1) is 0 Å². The molecule has 0 fully saturated rings. The SMILES string of the molecule is CCC1=NC(C)(CC)N=C(OC)N1. The van der Waals surface area contributed by atoms with Crippen molar-refractivity contribution in [1.29, 1.82) is 0 Å². The van der Waals surface area contributed by atoms with Gasteiger partial charge < -0.3 is 4.74 Å². The van der Waals surface area contributed by atoms with Crippen LogP contribution in [0.4, 0.5) is 0 Å². The molecule has 1 unspecified atom stereocenters. The van der Waals surface area contributed by atoms with Gasteiger partial charge in [-0.1, -0.05) is 13.8 Å². The van der Waals surface area contributed by atoms with Gasteiger partial charge in [0, 0.05) is 6.42 Å². The third-order valence-corrected chi connectivity index (χ3v) is 2.17. The second-order valence-electron chi connectivity index (χ2n) is 3.23. The number of ether oxygens (including phenoxy) is 1. The summed E-state index contributed by atoms with van der Waals surface area (Å²) in [6, 6.07) is 0.566. The van der Waals surface area contributed by atoms with Crippen molar-refractivity contribution in [2.75, 3.05) is 7.11 Å². The largest absolute Gasteiger partial charge is 0.468 e. The molecule has 74 valence electrons. The average molecular weight is 183 g/mol. The molecular formula is C9H17N3O. The quantitative estimate of drug-likeness (QED) is 0.705. The number of nitrogens with zero attached hydrogens (tertiary/aromatic N) is 2. The number of hydrogen-bond donors (Lipinski definition) is 1. The molecule has 0 aromatic carbocycles. The first kappa shape index (κ1) is 10.0. The summed E-state index contributed by atoms with van der Waals surface area (Å²) in [7, 11) is 1.61. The molecule has 0 spiro atoms. The van der Waals surface area contributed by atoms with Gasteiger partial charge in [-0.05, 0) is 13.3 Å². The van der Waals surface area contributed by atoms with Gasteiger partial charge >= 0.3 is 0 Å². The van der Waals surface area contributed by atoms with Crippen molar-refractivity contribution in [3.63, 3.8) is 0 Å². The van der Waals surface area contributed by atoms with E-state index in [2.05, 4.69) is 29.1 Å². The average Bonchev–Trinajstić information content (AvgIpc) is 2.17. The van der Waals surface area contributed by atoms with Gasteiger partial charge in [0.25, 0.3) is 6.02 Å². The Labute approximate surface area is 79.1 Å². The Hall–Kier alpha value is -1.06. The fourth-order valence-corrected chi connectivity index (χ4v) is 1.14. The van der Waals surface area contributed by atoms with Crippen molar-refractivity contribution < 1.29 is 4.74 Å². The zero-order chi connectivity index (χ0) is 9.90. The predicted molar refractivity (Wildman–Crippen MR) is 54.0 cm³/mol. The van der Waals surface area contributed by atoms with E-state index in [9.17, 15) is 0 Å². The molecule has 1 rings (SSSR count). The zero-order valence-electron chi connectivity index (χ0n) is 8.72. The van der Waals surface area contributed by atoms with Crippen LogP contribution in [0.15, 0.2) is 9.98 Å². The van der Waals surface area contributed by atoms with Crippen LogP contribution in [-0.4, -0.2) is 24.6 Å². The molecule has 1 aliphatic rings. The molecule has 0 aromatic rings. The summed E-state index contributed by atoms with van der Waals surface area (Å²) in [5, 5.41) is 3.02. The van der Waals surface area contributed by atoms with E-state index in [0.717, 1.165) is 18.7 Å². The highest BCUT2D eigenvalue weighted by Gasteiger charge is 2.25. The Morgan fingerprint density at radius 2 is 2.08 bits per heavy atom. The van der Waals surface area contributed by atoms with Crippen molar-refractivity contribution in [2.24, 2.45) is 9.98 Å².